The zero-order valence-electron chi connectivity index (χ0n) is 15.3. The molecule has 0 heterocycles. The van der Waals surface area contributed by atoms with Gasteiger partial charge >= 0.3 is 0 Å². The van der Waals surface area contributed by atoms with Crippen molar-refractivity contribution >= 4 is 23.2 Å². The predicted octanol–water partition coefficient (Wildman–Crippen LogP) is 4.29. The van der Waals surface area contributed by atoms with Crippen LogP contribution < -0.4 is 10.1 Å². The molecular weight excluding hydrogens is 342 g/mol. The van der Waals surface area contributed by atoms with Crippen molar-refractivity contribution in [3.05, 3.63) is 23.2 Å². The summed E-state index contributed by atoms with van der Waals surface area (Å²) >= 11 is 6.25. The van der Waals surface area contributed by atoms with Crippen LogP contribution in [0.3, 0.4) is 0 Å². The van der Waals surface area contributed by atoms with Gasteiger partial charge in [-0.15, -0.1) is 0 Å². The molecule has 6 heteroatoms. The number of carbonyl (C=O) groups is 1. The van der Waals surface area contributed by atoms with Crippen molar-refractivity contribution < 1.29 is 19.0 Å². The lowest BCUT2D eigenvalue weighted by Gasteiger charge is -2.38. The summed E-state index contributed by atoms with van der Waals surface area (Å²) < 4.78 is 16.4. The van der Waals surface area contributed by atoms with E-state index in [0.717, 1.165) is 25.7 Å². The fourth-order valence-corrected chi connectivity index (χ4v) is 3.59. The first kappa shape index (κ1) is 20.0. The van der Waals surface area contributed by atoms with E-state index in [1.54, 1.807) is 25.3 Å². The Morgan fingerprint density at radius 2 is 2.20 bits per heavy atom. The average molecular weight is 370 g/mol. The summed E-state index contributed by atoms with van der Waals surface area (Å²) in [5, 5.41) is 3.42. The number of amides is 1. The highest BCUT2D eigenvalue weighted by atomic mass is 35.5. The number of hydrogen-bond acceptors (Lipinski definition) is 4. The molecule has 0 radical (unpaired) electrons. The number of hydrogen-bond donors (Lipinski definition) is 1. The smallest absolute Gasteiger partial charge is 0.256 e. The monoisotopic (exact) mass is 369 g/mol. The molecule has 1 aliphatic carbocycles. The number of benzene rings is 1. The fourth-order valence-electron chi connectivity index (χ4n) is 3.36. The van der Waals surface area contributed by atoms with Crippen molar-refractivity contribution in [2.45, 2.75) is 45.1 Å². The molecule has 0 bridgehead atoms. The SMILES string of the molecule is CCO[C@@]1(C(=O)Nc2ccc(OCCOC)c(Cl)c2)CCC[C@H](C)C1. The number of rotatable bonds is 8. The van der Waals surface area contributed by atoms with Crippen molar-refractivity contribution in [1.29, 1.82) is 0 Å². The van der Waals surface area contributed by atoms with Gasteiger partial charge in [0.15, 0.2) is 0 Å². The molecular formula is C19H28ClNO4. The van der Waals surface area contributed by atoms with Crippen LogP contribution >= 0.6 is 11.6 Å². The lowest BCUT2D eigenvalue weighted by atomic mass is 9.78. The van der Waals surface area contributed by atoms with Crippen molar-refractivity contribution in [1.82, 2.24) is 0 Å². The second-order valence-electron chi connectivity index (χ2n) is 6.57. The molecule has 5 nitrogen and oxygen atoms in total. The molecule has 1 amide bonds. The van der Waals surface area contributed by atoms with E-state index in [4.69, 9.17) is 25.8 Å². The molecule has 1 aliphatic rings. The van der Waals surface area contributed by atoms with Gasteiger partial charge in [0.05, 0.1) is 11.6 Å². The maximum atomic E-state index is 12.9. The van der Waals surface area contributed by atoms with E-state index >= 15 is 0 Å². The molecule has 25 heavy (non-hydrogen) atoms. The van der Waals surface area contributed by atoms with Gasteiger partial charge in [-0.05, 0) is 50.3 Å². The molecule has 1 aromatic rings. The zero-order valence-corrected chi connectivity index (χ0v) is 16.0. The molecule has 1 saturated carbocycles. The number of methoxy groups -OCH3 is 1. The molecule has 2 rings (SSSR count). The summed E-state index contributed by atoms with van der Waals surface area (Å²) in [4.78, 5) is 12.9. The fraction of sp³-hybridized carbons (Fsp3) is 0.632. The summed E-state index contributed by atoms with van der Waals surface area (Å²) in [5.74, 6) is 0.957. The number of anilines is 1. The summed E-state index contributed by atoms with van der Waals surface area (Å²) in [5.41, 5.74) is -0.0987. The van der Waals surface area contributed by atoms with Crippen molar-refractivity contribution in [3.8, 4) is 5.75 Å². The third kappa shape index (κ3) is 5.33. The Balaban J connectivity index is 2.06. The van der Waals surface area contributed by atoms with Crippen molar-refractivity contribution in [2.75, 3.05) is 32.2 Å². The van der Waals surface area contributed by atoms with Crippen LogP contribution in [0, 0.1) is 5.92 Å². The summed E-state index contributed by atoms with van der Waals surface area (Å²) in [6.45, 7) is 5.53. The first-order valence-electron chi connectivity index (χ1n) is 8.87. The summed E-state index contributed by atoms with van der Waals surface area (Å²) in [6, 6.07) is 5.25. The third-order valence-corrected chi connectivity index (χ3v) is 4.82. The number of halogens is 1. The highest BCUT2D eigenvalue weighted by molar-refractivity contribution is 6.32. The molecule has 0 spiro atoms. The third-order valence-electron chi connectivity index (χ3n) is 4.52. The van der Waals surface area contributed by atoms with Gasteiger partial charge in [-0.2, -0.15) is 0 Å². The standard InChI is InChI=1S/C19H28ClNO4/c1-4-25-19(9-5-6-14(2)13-19)18(22)21-15-7-8-17(16(20)12-15)24-11-10-23-3/h7-8,12,14H,4-6,9-11,13H2,1-3H3,(H,21,22)/t14-,19-/m0/s1. The number of ether oxygens (including phenoxy) is 3. The molecule has 0 aliphatic heterocycles. The lowest BCUT2D eigenvalue weighted by molar-refractivity contribution is -0.147. The molecule has 1 N–H and O–H groups in total. The topological polar surface area (TPSA) is 56.8 Å². The van der Waals surface area contributed by atoms with E-state index in [1.807, 2.05) is 6.92 Å². The minimum atomic E-state index is -0.744. The molecule has 140 valence electrons. The first-order valence-corrected chi connectivity index (χ1v) is 9.25. The van der Waals surface area contributed by atoms with Crippen LogP contribution in [0.25, 0.3) is 0 Å². The minimum Gasteiger partial charge on any atom is -0.490 e. The minimum absolute atomic E-state index is 0.0926. The van der Waals surface area contributed by atoms with Gasteiger partial charge in [0.1, 0.15) is 18.0 Å². The van der Waals surface area contributed by atoms with Crippen molar-refractivity contribution in [3.63, 3.8) is 0 Å². The van der Waals surface area contributed by atoms with Gasteiger partial charge in [-0.1, -0.05) is 24.9 Å². The Bertz CT molecular complexity index is 577. The predicted molar refractivity (Wildman–Crippen MR) is 99.4 cm³/mol. The van der Waals surface area contributed by atoms with Crippen LogP contribution in [-0.2, 0) is 14.3 Å². The van der Waals surface area contributed by atoms with E-state index < -0.39 is 5.60 Å². The second kappa shape index (κ2) is 9.41. The Labute approximate surface area is 155 Å². The van der Waals surface area contributed by atoms with Crippen LogP contribution in [0.1, 0.15) is 39.5 Å². The van der Waals surface area contributed by atoms with Gasteiger partial charge in [-0.3, -0.25) is 4.79 Å². The average Bonchev–Trinajstić information content (AvgIpc) is 2.57. The van der Waals surface area contributed by atoms with Crippen LogP contribution in [0.2, 0.25) is 5.02 Å². The van der Waals surface area contributed by atoms with Crippen LogP contribution in [0.4, 0.5) is 5.69 Å². The normalized spacial score (nSPS) is 23.3. The Kier molecular flexibility index (Phi) is 7.54. The molecule has 0 unspecified atom stereocenters. The molecule has 0 saturated heterocycles. The Morgan fingerprint density at radius 1 is 1.40 bits per heavy atom. The highest BCUT2D eigenvalue weighted by Gasteiger charge is 2.42. The quantitative estimate of drug-likeness (QED) is 0.694. The van der Waals surface area contributed by atoms with Gasteiger partial charge in [-0.25, -0.2) is 0 Å². The van der Waals surface area contributed by atoms with E-state index in [9.17, 15) is 4.79 Å². The molecule has 1 fully saturated rings. The van der Waals surface area contributed by atoms with Crippen LogP contribution in [-0.4, -0.2) is 38.4 Å². The van der Waals surface area contributed by atoms with Crippen molar-refractivity contribution in [2.24, 2.45) is 5.92 Å². The van der Waals surface area contributed by atoms with Gasteiger partial charge in [0.25, 0.3) is 5.91 Å². The van der Waals surface area contributed by atoms with Gasteiger partial charge in [0, 0.05) is 19.4 Å². The number of nitrogens with one attached hydrogen (secondary N) is 1. The van der Waals surface area contributed by atoms with Gasteiger partial charge < -0.3 is 19.5 Å². The Morgan fingerprint density at radius 3 is 2.84 bits per heavy atom. The van der Waals surface area contributed by atoms with E-state index in [1.165, 1.54) is 0 Å². The Hall–Kier alpha value is -1.30. The zero-order chi connectivity index (χ0) is 18.3. The molecule has 2 atom stereocenters. The van der Waals surface area contributed by atoms with E-state index in [2.05, 4.69) is 12.2 Å². The molecule has 1 aromatic carbocycles. The first-order chi connectivity index (χ1) is 12.0. The summed E-state index contributed by atoms with van der Waals surface area (Å²) in [6.07, 6.45) is 3.64. The number of carbonyl (C=O) groups excluding carboxylic acids is 1. The lowest BCUT2D eigenvalue weighted by Crippen LogP contribution is -2.48. The van der Waals surface area contributed by atoms with Crippen LogP contribution in [0.15, 0.2) is 18.2 Å². The maximum Gasteiger partial charge on any atom is 0.256 e. The van der Waals surface area contributed by atoms with E-state index in [0.29, 0.717) is 42.2 Å². The molecule has 0 aromatic heterocycles. The largest absolute Gasteiger partial charge is 0.490 e. The maximum absolute atomic E-state index is 12.9. The second-order valence-corrected chi connectivity index (χ2v) is 6.98. The van der Waals surface area contributed by atoms with E-state index in [-0.39, 0.29) is 5.91 Å². The van der Waals surface area contributed by atoms with Gasteiger partial charge in [0.2, 0.25) is 0 Å². The highest BCUT2D eigenvalue weighted by Crippen LogP contribution is 2.36. The summed E-state index contributed by atoms with van der Waals surface area (Å²) in [7, 11) is 1.62. The van der Waals surface area contributed by atoms with Crippen LogP contribution in [0.5, 0.6) is 5.75 Å².